The topological polar surface area (TPSA) is 52.6 Å². The number of hydrogen-bond acceptors (Lipinski definition) is 4. The lowest BCUT2D eigenvalue weighted by Crippen LogP contribution is -2.04. The average molecular weight is 278 g/mol. The summed E-state index contributed by atoms with van der Waals surface area (Å²) in [5.41, 5.74) is 1.10. The fourth-order valence-electron chi connectivity index (χ4n) is 1.56. The van der Waals surface area contributed by atoms with E-state index in [0.717, 1.165) is 12.7 Å². The minimum absolute atomic E-state index is 0.0121. The highest BCUT2D eigenvalue weighted by Gasteiger charge is 2.18. The number of ether oxygens (including phenoxy) is 1. The van der Waals surface area contributed by atoms with Gasteiger partial charge in [0.05, 0.1) is 7.11 Å². The van der Waals surface area contributed by atoms with Crippen LogP contribution in [-0.2, 0) is 14.3 Å². The smallest absolute Gasteiger partial charge is 0.300 e. The molecule has 0 spiro atoms. The summed E-state index contributed by atoms with van der Waals surface area (Å²) in [7, 11) is -2.66. The van der Waals surface area contributed by atoms with Crippen LogP contribution in [-0.4, -0.2) is 15.5 Å². The second kappa shape index (κ2) is 5.42. The summed E-state index contributed by atoms with van der Waals surface area (Å²) in [6, 6.07) is 13.7. The fraction of sp³-hybridized carbons (Fsp3) is 0.143. The maximum atomic E-state index is 11.8. The van der Waals surface area contributed by atoms with Crippen LogP contribution in [0.3, 0.4) is 0 Å². The molecule has 0 bridgehead atoms. The van der Waals surface area contributed by atoms with Crippen molar-refractivity contribution in [3.63, 3.8) is 0 Å². The first-order chi connectivity index (χ1) is 9.03. The summed E-state index contributed by atoms with van der Waals surface area (Å²) in [4.78, 5) is 0.0121. The Hall–Kier alpha value is -1.85. The van der Waals surface area contributed by atoms with Crippen LogP contribution in [0.1, 0.15) is 5.56 Å². The predicted molar refractivity (Wildman–Crippen MR) is 71.9 cm³/mol. The van der Waals surface area contributed by atoms with Crippen LogP contribution in [0, 0.1) is 6.92 Å². The van der Waals surface area contributed by atoms with Crippen LogP contribution >= 0.6 is 0 Å². The van der Waals surface area contributed by atoms with Crippen molar-refractivity contribution in [1.82, 2.24) is 0 Å². The molecule has 5 heteroatoms. The van der Waals surface area contributed by atoms with Crippen molar-refractivity contribution in [2.75, 3.05) is 7.11 Å². The SMILES string of the molecule is COS(=O)(=O)c1ccccc1Oc1ccc(C)cc1. The number of aryl methyl sites for hydroxylation is 1. The molecule has 0 saturated heterocycles. The summed E-state index contributed by atoms with van der Waals surface area (Å²) in [5.74, 6) is 0.817. The molecular weight excluding hydrogens is 264 g/mol. The molecular formula is C14H14O4S. The van der Waals surface area contributed by atoms with E-state index in [-0.39, 0.29) is 10.6 Å². The Morgan fingerprint density at radius 2 is 1.58 bits per heavy atom. The van der Waals surface area contributed by atoms with Crippen molar-refractivity contribution in [3.8, 4) is 11.5 Å². The van der Waals surface area contributed by atoms with Gasteiger partial charge in [-0.3, -0.25) is 4.18 Å². The Balaban J connectivity index is 2.38. The van der Waals surface area contributed by atoms with E-state index in [1.165, 1.54) is 6.07 Å². The molecule has 0 aliphatic heterocycles. The molecule has 4 nitrogen and oxygen atoms in total. The van der Waals surface area contributed by atoms with E-state index >= 15 is 0 Å². The molecule has 0 heterocycles. The molecule has 2 aromatic rings. The molecule has 0 saturated carbocycles. The molecule has 0 fully saturated rings. The second-order valence-electron chi connectivity index (χ2n) is 3.98. The van der Waals surface area contributed by atoms with Crippen molar-refractivity contribution < 1.29 is 17.3 Å². The van der Waals surface area contributed by atoms with Gasteiger partial charge < -0.3 is 4.74 Å². The summed E-state index contributed by atoms with van der Waals surface area (Å²) in [6.07, 6.45) is 0. The molecule has 0 aliphatic carbocycles. The van der Waals surface area contributed by atoms with E-state index in [0.29, 0.717) is 5.75 Å². The van der Waals surface area contributed by atoms with Crippen LogP contribution in [0.5, 0.6) is 11.5 Å². The summed E-state index contributed by atoms with van der Waals surface area (Å²) < 4.78 is 33.6. The summed E-state index contributed by atoms with van der Waals surface area (Å²) in [6.45, 7) is 1.97. The monoisotopic (exact) mass is 278 g/mol. The van der Waals surface area contributed by atoms with E-state index in [4.69, 9.17) is 4.74 Å². The maximum Gasteiger partial charge on any atom is 0.300 e. The summed E-state index contributed by atoms with van der Waals surface area (Å²) >= 11 is 0. The highest BCUT2D eigenvalue weighted by molar-refractivity contribution is 7.86. The zero-order valence-electron chi connectivity index (χ0n) is 10.7. The van der Waals surface area contributed by atoms with E-state index < -0.39 is 10.1 Å². The Kier molecular flexibility index (Phi) is 3.87. The molecule has 2 rings (SSSR count). The predicted octanol–water partition coefficient (Wildman–Crippen LogP) is 3.12. The lowest BCUT2D eigenvalue weighted by molar-refractivity contribution is 0.391. The van der Waals surface area contributed by atoms with Gasteiger partial charge in [0, 0.05) is 0 Å². The van der Waals surface area contributed by atoms with Crippen molar-refractivity contribution in [1.29, 1.82) is 0 Å². The summed E-state index contributed by atoms with van der Waals surface area (Å²) in [5, 5.41) is 0. The van der Waals surface area contributed by atoms with E-state index in [2.05, 4.69) is 4.18 Å². The second-order valence-corrected chi connectivity index (χ2v) is 5.66. The Labute approximate surface area is 112 Å². The molecule has 0 aromatic heterocycles. The van der Waals surface area contributed by atoms with Gasteiger partial charge in [-0.2, -0.15) is 8.42 Å². The van der Waals surface area contributed by atoms with Gasteiger partial charge in [0.15, 0.2) is 0 Å². The lowest BCUT2D eigenvalue weighted by Gasteiger charge is -2.10. The van der Waals surface area contributed by atoms with Crippen molar-refractivity contribution in [2.45, 2.75) is 11.8 Å². The van der Waals surface area contributed by atoms with E-state index in [9.17, 15) is 8.42 Å². The van der Waals surface area contributed by atoms with Gasteiger partial charge >= 0.3 is 0 Å². The first kappa shape index (κ1) is 13.6. The van der Waals surface area contributed by atoms with Gasteiger partial charge in [-0.25, -0.2) is 0 Å². The van der Waals surface area contributed by atoms with Gasteiger partial charge in [-0.1, -0.05) is 29.8 Å². The lowest BCUT2D eigenvalue weighted by atomic mass is 10.2. The van der Waals surface area contributed by atoms with Crippen LogP contribution in [0.2, 0.25) is 0 Å². The standard InChI is InChI=1S/C14H14O4S/c1-11-7-9-12(10-8-11)18-13-5-3-4-6-14(13)19(15,16)17-2/h3-10H,1-2H3. The van der Waals surface area contributed by atoms with Gasteiger partial charge in [-0.15, -0.1) is 0 Å². The van der Waals surface area contributed by atoms with Crippen LogP contribution in [0.4, 0.5) is 0 Å². The highest BCUT2D eigenvalue weighted by Crippen LogP contribution is 2.29. The van der Waals surface area contributed by atoms with Gasteiger partial charge in [0.2, 0.25) is 0 Å². The minimum atomic E-state index is -3.78. The Bertz CT molecular complexity index is 660. The first-order valence-corrected chi connectivity index (χ1v) is 7.08. The van der Waals surface area contributed by atoms with E-state index in [1.54, 1.807) is 30.3 Å². The molecule has 0 N–H and O–H groups in total. The first-order valence-electron chi connectivity index (χ1n) is 5.67. The molecule has 100 valence electrons. The average Bonchev–Trinajstić information content (AvgIpc) is 2.42. The third-order valence-electron chi connectivity index (χ3n) is 2.59. The molecule has 0 radical (unpaired) electrons. The molecule has 0 aliphatic rings. The van der Waals surface area contributed by atoms with Crippen LogP contribution < -0.4 is 4.74 Å². The van der Waals surface area contributed by atoms with Gasteiger partial charge in [0.25, 0.3) is 10.1 Å². The highest BCUT2D eigenvalue weighted by atomic mass is 32.2. The molecule has 0 amide bonds. The van der Waals surface area contributed by atoms with Crippen LogP contribution in [0.15, 0.2) is 53.4 Å². The van der Waals surface area contributed by atoms with Crippen molar-refractivity contribution in [2.24, 2.45) is 0 Å². The van der Waals surface area contributed by atoms with Crippen molar-refractivity contribution >= 4 is 10.1 Å². The maximum absolute atomic E-state index is 11.8. The number of para-hydroxylation sites is 1. The molecule has 19 heavy (non-hydrogen) atoms. The van der Waals surface area contributed by atoms with Gasteiger partial charge in [0.1, 0.15) is 16.4 Å². The van der Waals surface area contributed by atoms with Crippen molar-refractivity contribution in [3.05, 3.63) is 54.1 Å². The Morgan fingerprint density at radius 1 is 0.947 bits per heavy atom. The quantitative estimate of drug-likeness (QED) is 0.806. The zero-order chi connectivity index (χ0) is 13.9. The van der Waals surface area contributed by atoms with E-state index in [1.807, 2.05) is 19.1 Å². The fourth-order valence-corrected chi connectivity index (χ4v) is 2.34. The molecule has 2 aromatic carbocycles. The number of benzene rings is 2. The zero-order valence-corrected chi connectivity index (χ0v) is 11.5. The number of hydrogen-bond donors (Lipinski definition) is 0. The Morgan fingerprint density at radius 3 is 2.21 bits per heavy atom. The third kappa shape index (κ3) is 3.13. The third-order valence-corrected chi connectivity index (χ3v) is 3.90. The normalized spacial score (nSPS) is 11.3. The largest absolute Gasteiger partial charge is 0.456 e. The van der Waals surface area contributed by atoms with Gasteiger partial charge in [-0.05, 0) is 31.2 Å². The minimum Gasteiger partial charge on any atom is -0.456 e. The van der Waals surface area contributed by atoms with Crippen LogP contribution in [0.25, 0.3) is 0 Å². The molecule has 0 unspecified atom stereocenters. The molecule has 0 atom stereocenters. The number of rotatable bonds is 4.